The van der Waals surface area contributed by atoms with Gasteiger partial charge in [-0.15, -0.1) is 0 Å². The summed E-state index contributed by atoms with van der Waals surface area (Å²) in [4.78, 5) is 19.5. The molecule has 1 unspecified atom stereocenters. The topological polar surface area (TPSA) is 68.8 Å². The lowest BCUT2D eigenvalue weighted by molar-refractivity contribution is -0.121. The Balaban J connectivity index is 1.87. The van der Waals surface area contributed by atoms with Gasteiger partial charge < -0.3 is 15.5 Å². The smallest absolute Gasteiger partial charge is 0.269 e. The predicted molar refractivity (Wildman–Crippen MR) is 91.9 cm³/mol. The summed E-state index contributed by atoms with van der Waals surface area (Å²) in [6.45, 7) is 2.48. The van der Waals surface area contributed by atoms with E-state index in [1.165, 1.54) is 0 Å². The fourth-order valence-electron chi connectivity index (χ4n) is 2.83. The minimum Gasteiger partial charge on any atom is -0.387 e. The van der Waals surface area contributed by atoms with Crippen LogP contribution in [0.3, 0.4) is 0 Å². The molecular formula is C17H21N5O. The summed E-state index contributed by atoms with van der Waals surface area (Å²) in [5.41, 5.74) is 1.84. The number of anilines is 1. The highest BCUT2D eigenvalue weighted by atomic mass is 16.2. The molecule has 1 aromatic carbocycles. The lowest BCUT2D eigenvalue weighted by Gasteiger charge is -2.29. The number of carbonyl (C=O) groups excluding carboxylic acids is 1. The van der Waals surface area contributed by atoms with Gasteiger partial charge >= 0.3 is 0 Å². The van der Waals surface area contributed by atoms with Gasteiger partial charge in [0.1, 0.15) is 5.84 Å². The number of likely N-dealkylation sites (N-methyl/N-ethyl adjacent to an activating group) is 2. The Kier molecular flexibility index (Phi) is 3.92. The Bertz CT molecular complexity index is 707. The Labute approximate surface area is 136 Å². The van der Waals surface area contributed by atoms with Gasteiger partial charge in [-0.05, 0) is 38.3 Å². The van der Waals surface area contributed by atoms with Crippen molar-refractivity contribution in [2.24, 2.45) is 4.99 Å². The number of amides is 1. The number of aliphatic imine (C=N–C) groups is 1. The number of rotatable bonds is 4. The summed E-state index contributed by atoms with van der Waals surface area (Å²) < 4.78 is 0. The summed E-state index contributed by atoms with van der Waals surface area (Å²) in [5, 5.41) is 9.18. The number of para-hydroxylation sites is 1. The molecule has 23 heavy (non-hydrogen) atoms. The van der Waals surface area contributed by atoms with Crippen LogP contribution in [0.2, 0.25) is 0 Å². The van der Waals surface area contributed by atoms with Crippen molar-refractivity contribution in [1.82, 2.24) is 15.5 Å². The van der Waals surface area contributed by atoms with Gasteiger partial charge in [-0.25, -0.2) is 4.99 Å². The Morgan fingerprint density at radius 3 is 2.61 bits per heavy atom. The van der Waals surface area contributed by atoms with Crippen LogP contribution in [0.5, 0.6) is 0 Å². The minimum atomic E-state index is -1.00. The molecule has 0 aromatic heterocycles. The van der Waals surface area contributed by atoms with Crippen LogP contribution in [0, 0.1) is 0 Å². The molecule has 6 heteroatoms. The number of nitrogens with zero attached hydrogens (tertiary/aromatic N) is 2. The van der Waals surface area contributed by atoms with Crippen LogP contribution in [0.25, 0.3) is 0 Å². The van der Waals surface area contributed by atoms with Crippen LogP contribution in [-0.4, -0.2) is 42.9 Å². The molecular weight excluding hydrogens is 290 g/mol. The van der Waals surface area contributed by atoms with E-state index in [0.717, 1.165) is 22.9 Å². The molecule has 1 amide bonds. The summed E-state index contributed by atoms with van der Waals surface area (Å²) >= 11 is 0. The number of benzene rings is 1. The van der Waals surface area contributed by atoms with Crippen molar-refractivity contribution in [2.75, 3.05) is 26.0 Å². The normalized spacial score (nSPS) is 22.7. The van der Waals surface area contributed by atoms with E-state index >= 15 is 0 Å². The molecule has 3 N–H and O–H groups in total. The number of fused-ring (bicyclic) bond motifs is 1. The van der Waals surface area contributed by atoms with Gasteiger partial charge in [0.2, 0.25) is 5.66 Å². The van der Waals surface area contributed by atoms with Crippen LogP contribution < -0.4 is 16.0 Å². The maximum Gasteiger partial charge on any atom is 0.269 e. The third kappa shape index (κ3) is 2.61. The molecule has 0 spiro atoms. The van der Waals surface area contributed by atoms with Crippen LogP contribution in [-0.2, 0) is 4.79 Å². The molecule has 2 aliphatic rings. The van der Waals surface area contributed by atoms with Crippen molar-refractivity contribution < 1.29 is 4.79 Å². The van der Waals surface area contributed by atoms with Crippen LogP contribution in [0.4, 0.5) is 5.69 Å². The summed E-state index contributed by atoms with van der Waals surface area (Å²) in [5.74, 6) is 0.624. The molecule has 2 aliphatic heterocycles. The van der Waals surface area contributed by atoms with Crippen LogP contribution >= 0.6 is 0 Å². The first-order valence-electron chi connectivity index (χ1n) is 7.59. The van der Waals surface area contributed by atoms with Crippen LogP contribution in [0.15, 0.2) is 58.9 Å². The number of carbonyl (C=O) groups is 1. The SMILES string of the molecule is CNC1=C(C)N2CC(NC)(C(=O)Nc3ccccc3)N=C2C=C1. The second-order valence-electron chi connectivity index (χ2n) is 5.57. The van der Waals surface area contributed by atoms with Crippen molar-refractivity contribution in [1.29, 1.82) is 0 Å². The molecule has 0 bridgehead atoms. The molecule has 2 heterocycles. The summed E-state index contributed by atoms with van der Waals surface area (Å²) in [7, 11) is 3.64. The zero-order chi connectivity index (χ0) is 16.4. The largest absolute Gasteiger partial charge is 0.387 e. The molecule has 1 atom stereocenters. The quantitative estimate of drug-likeness (QED) is 0.783. The monoisotopic (exact) mass is 311 g/mol. The standard InChI is InChI=1S/C17H21N5O/c1-12-14(18-2)9-10-15-21-17(19-3,11-22(12)15)16(23)20-13-7-5-4-6-8-13/h4-10,18-19H,11H2,1-3H3,(H,20,23). The highest BCUT2D eigenvalue weighted by molar-refractivity contribution is 6.05. The first-order chi connectivity index (χ1) is 11.1. The number of hydrogen-bond acceptors (Lipinski definition) is 5. The lowest BCUT2D eigenvalue weighted by atomic mass is 10.1. The molecule has 0 aliphatic carbocycles. The van der Waals surface area contributed by atoms with Gasteiger partial charge in [-0.2, -0.15) is 0 Å². The van der Waals surface area contributed by atoms with E-state index in [9.17, 15) is 4.79 Å². The number of allylic oxidation sites excluding steroid dienone is 2. The second-order valence-corrected chi connectivity index (χ2v) is 5.57. The van der Waals surface area contributed by atoms with E-state index in [-0.39, 0.29) is 5.91 Å². The lowest BCUT2D eigenvalue weighted by Crippen LogP contribution is -2.55. The third-order valence-electron chi connectivity index (χ3n) is 4.25. The van der Waals surface area contributed by atoms with Crippen molar-refractivity contribution in [3.05, 3.63) is 53.9 Å². The van der Waals surface area contributed by atoms with Gasteiger partial charge in [0.25, 0.3) is 5.91 Å². The Morgan fingerprint density at radius 1 is 1.22 bits per heavy atom. The average molecular weight is 311 g/mol. The van der Waals surface area contributed by atoms with E-state index in [1.54, 1.807) is 7.05 Å². The van der Waals surface area contributed by atoms with Gasteiger partial charge in [-0.1, -0.05) is 18.2 Å². The molecule has 6 nitrogen and oxygen atoms in total. The average Bonchev–Trinajstić information content (AvgIpc) is 2.97. The van der Waals surface area contributed by atoms with Gasteiger partial charge in [0, 0.05) is 18.4 Å². The second kappa shape index (κ2) is 5.89. The van der Waals surface area contributed by atoms with E-state index in [2.05, 4.69) is 20.9 Å². The number of hydrogen-bond donors (Lipinski definition) is 3. The highest BCUT2D eigenvalue weighted by Gasteiger charge is 2.45. The minimum absolute atomic E-state index is 0.166. The van der Waals surface area contributed by atoms with Crippen molar-refractivity contribution in [3.8, 4) is 0 Å². The fourth-order valence-corrected chi connectivity index (χ4v) is 2.83. The highest BCUT2D eigenvalue weighted by Crippen LogP contribution is 2.28. The molecule has 0 saturated heterocycles. The maximum absolute atomic E-state index is 12.8. The molecule has 3 rings (SSSR count). The zero-order valence-electron chi connectivity index (χ0n) is 13.6. The van der Waals surface area contributed by atoms with Gasteiger partial charge in [0.15, 0.2) is 0 Å². The van der Waals surface area contributed by atoms with Crippen molar-refractivity contribution in [2.45, 2.75) is 12.6 Å². The zero-order valence-corrected chi connectivity index (χ0v) is 13.6. The predicted octanol–water partition coefficient (Wildman–Crippen LogP) is 1.28. The van der Waals surface area contributed by atoms with Crippen molar-refractivity contribution in [3.63, 3.8) is 0 Å². The summed E-state index contributed by atoms with van der Waals surface area (Å²) in [6.07, 6.45) is 3.90. The Morgan fingerprint density at radius 2 is 1.96 bits per heavy atom. The first-order valence-corrected chi connectivity index (χ1v) is 7.59. The molecule has 0 fully saturated rings. The first kappa shape index (κ1) is 15.3. The molecule has 120 valence electrons. The molecule has 0 radical (unpaired) electrons. The van der Waals surface area contributed by atoms with Crippen molar-refractivity contribution >= 4 is 17.4 Å². The third-order valence-corrected chi connectivity index (χ3v) is 4.25. The number of amidine groups is 1. The molecule has 0 saturated carbocycles. The van der Waals surface area contributed by atoms with E-state index < -0.39 is 5.66 Å². The van der Waals surface area contributed by atoms with E-state index in [1.807, 2.05) is 61.4 Å². The summed E-state index contributed by atoms with van der Waals surface area (Å²) in [6, 6.07) is 9.42. The fraction of sp³-hybridized carbons (Fsp3) is 0.294. The van der Waals surface area contributed by atoms with Gasteiger partial charge in [0.05, 0.1) is 12.2 Å². The van der Waals surface area contributed by atoms with E-state index in [0.29, 0.717) is 6.54 Å². The van der Waals surface area contributed by atoms with Gasteiger partial charge in [-0.3, -0.25) is 10.1 Å². The number of nitrogens with one attached hydrogen (secondary N) is 3. The molecule has 1 aromatic rings. The Hall–Kier alpha value is -2.60. The van der Waals surface area contributed by atoms with Crippen LogP contribution in [0.1, 0.15) is 6.92 Å². The maximum atomic E-state index is 12.8. The van der Waals surface area contributed by atoms with E-state index in [4.69, 9.17) is 0 Å².